The summed E-state index contributed by atoms with van der Waals surface area (Å²) in [5.41, 5.74) is 2.52. The van der Waals surface area contributed by atoms with Gasteiger partial charge in [-0.15, -0.1) is 0 Å². The molecular formula is C13H16NS. The first kappa shape index (κ1) is 10.8. The van der Waals surface area contributed by atoms with Crippen molar-refractivity contribution in [3.63, 3.8) is 0 Å². The molecule has 0 spiro atoms. The van der Waals surface area contributed by atoms with Crippen LogP contribution in [0.25, 0.3) is 0 Å². The van der Waals surface area contributed by atoms with Gasteiger partial charge in [0.25, 0.3) is 0 Å². The summed E-state index contributed by atoms with van der Waals surface area (Å²) in [6, 6.07) is 8.55. The Morgan fingerprint density at radius 2 is 1.80 bits per heavy atom. The van der Waals surface area contributed by atoms with Crippen LogP contribution in [0, 0.1) is 12.8 Å². The number of benzene rings is 1. The molecule has 0 saturated carbocycles. The average molecular weight is 218 g/mol. The Morgan fingerprint density at radius 3 is 2.40 bits per heavy atom. The number of aryl methyl sites for hydroxylation is 1. The zero-order valence-electron chi connectivity index (χ0n) is 9.07. The quantitative estimate of drug-likeness (QED) is 0.550. The third kappa shape index (κ3) is 2.64. The first-order chi connectivity index (χ1) is 7.27. The van der Waals surface area contributed by atoms with Crippen molar-refractivity contribution in [3.8, 4) is 0 Å². The Hall–Kier alpha value is -0.730. The largest absolute Gasteiger partial charge is 0.242 e. The number of hydrogen-bond acceptors (Lipinski definition) is 1. The molecule has 1 nitrogen and oxygen atoms in total. The molecule has 1 heterocycles. The molecule has 0 amide bonds. The van der Waals surface area contributed by atoms with Crippen LogP contribution < -0.4 is 5.32 Å². The fraction of sp³-hybridized carbons (Fsp3) is 0.462. The summed E-state index contributed by atoms with van der Waals surface area (Å²) in [6.45, 7) is 4.07. The highest BCUT2D eigenvalue weighted by Gasteiger charge is 2.18. The van der Waals surface area contributed by atoms with Crippen LogP contribution in [-0.4, -0.2) is 18.0 Å². The van der Waals surface area contributed by atoms with Crippen LogP contribution in [0.4, 0.5) is 0 Å². The van der Waals surface area contributed by atoms with E-state index in [2.05, 4.69) is 36.5 Å². The molecule has 1 aliphatic rings. The first-order valence-electron chi connectivity index (χ1n) is 5.51. The van der Waals surface area contributed by atoms with Gasteiger partial charge in [-0.1, -0.05) is 42.0 Å². The van der Waals surface area contributed by atoms with Crippen LogP contribution in [0.1, 0.15) is 24.0 Å². The van der Waals surface area contributed by atoms with E-state index < -0.39 is 0 Å². The number of hydrogen-bond donors (Lipinski definition) is 0. The Morgan fingerprint density at radius 1 is 1.20 bits per heavy atom. The van der Waals surface area contributed by atoms with E-state index in [1.54, 1.807) is 0 Å². The fourth-order valence-electron chi connectivity index (χ4n) is 1.97. The number of thiocarbonyl (C=S) groups is 1. The van der Waals surface area contributed by atoms with E-state index in [9.17, 15) is 0 Å². The molecule has 1 aromatic rings. The van der Waals surface area contributed by atoms with E-state index in [0.29, 0.717) is 5.92 Å². The molecule has 2 rings (SSSR count). The van der Waals surface area contributed by atoms with Crippen LogP contribution in [0.5, 0.6) is 0 Å². The Bertz CT molecular complexity index is 336. The van der Waals surface area contributed by atoms with Crippen LogP contribution in [-0.2, 0) is 0 Å². The Kier molecular flexibility index (Phi) is 3.49. The van der Waals surface area contributed by atoms with Crippen molar-refractivity contribution in [2.75, 3.05) is 13.1 Å². The highest BCUT2D eigenvalue weighted by atomic mass is 32.1. The van der Waals surface area contributed by atoms with Crippen molar-refractivity contribution in [2.45, 2.75) is 19.8 Å². The van der Waals surface area contributed by atoms with Gasteiger partial charge >= 0.3 is 0 Å². The lowest BCUT2D eigenvalue weighted by Crippen LogP contribution is -2.27. The second-order valence-corrected chi connectivity index (χ2v) is 4.62. The third-order valence-corrected chi connectivity index (χ3v) is 3.55. The molecule has 1 saturated heterocycles. The highest BCUT2D eigenvalue weighted by molar-refractivity contribution is 7.80. The topological polar surface area (TPSA) is 14.1 Å². The molecule has 79 valence electrons. The summed E-state index contributed by atoms with van der Waals surface area (Å²) < 4.78 is 0. The highest BCUT2D eigenvalue weighted by Crippen LogP contribution is 2.20. The molecule has 1 aliphatic heterocycles. The Labute approximate surface area is 96.9 Å². The summed E-state index contributed by atoms with van der Waals surface area (Å²) in [5.74, 6) is 0.570. The minimum atomic E-state index is 0.570. The molecule has 2 heteroatoms. The van der Waals surface area contributed by atoms with Crippen molar-refractivity contribution < 1.29 is 0 Å². The maximum absolute atomic E-state index is 5.54. The normalized spacial score (nSPS) is 17.7. The fourth-order valence-corrected chi connectivity index (χ4v) is 2.34. The van der Waals surface area contributed by atoms with Gasteiger partial charge in [-0.05, 0) is 31.2 Å². The third-order valence-electron chi connectivity index (χ3n) is 2.98. The summed E-state index contributed by atoms with van der Waals surface area (Å²) >= 11 is 5.54. The monoisotopic (exact) mass is 218 g/mol. The average Bonchev–Trinajstić information content (AvgIpc) is 2.30. The molecular weight excluding hydrogens is 202 g/mol. The first-order valence-corrected chi connectivity index (χ1v) is 5.92. The van der Waals surface area contributed by atoms with Gasteiger partial charge in [0, 0.05) is 18.0 Å². The van der Waals surface area contributed by atoms with Crippen molar-refractivity contribution in [1.82, 2.24) is 5.32 Å². The summed E-state index contributed by atoms with van der Waals surface area (Å²) in [7, 11) is 0. The maximum Gasteiger partial charge on any atom is 0.0256 e. The van der Waals surface area contributed by atoms with E-state index in [-0.39, 0.29) is 0 Å². The minimum absolute atomic E-state index is 0.570. The molecule has 0 atom stereocenters. The SMILES string of the molecule is Cc1ccc(C(=S)C2CC[N]CC2)cc1. The van der Waals surface area contributed by atoms with Crippen molar-refractivity contribution in [1.29, 1.82) is 0 Å². The summed E-state index contributed by atoms with van der Waals surface area (Å²) in [4.78, 5) is 1.13. The van der Waals surface area contributed by atoms with Crippen molar-refractivity contribution in [2.24, 2.45) is 5.92 Å². The van der Waals surface area contributed by atoms with E-state index in [4.69, 9.17) is 12.2 Å². The van der Waals surface area contributed by atoms with Crippen molar-refractivity contribution in [3.05, 3.63) is 35.4 Å². The molecule has 0 aliphatic carbocycles. The summed E-state index contributed by atoms with van der Waals surface area (Å²) in [6.07, 6.45) is 2.26. The predicted octanol–water partition coefficient (Wildman–Crippen LogP) is 2.73. The molecule has 15 heavy (non-hydrogen) atoms. The number of rotatable bonds is 2. The molecule has 0 unspecified atom stereocenters. The summed E-state index contributed by atoms with van der Waals surface area (Å²) in [5, 5.41) is 4.36. The molecule has 1 aromatic carbocycles. The molecule has 0 N–H and O–H groups in total. The maximum atomic E-state index is 5.54. The lowest BCUT2D eigenvalue weighted by molar-refractivity contribution is 0.453. The number of piperidine rings is 1. The van der Waals surface area contributed by atoms with Gasteiger partial charge in [0.2, 0.25) is 0 Å². The molecule has 0 bridgehead atoms. The standard InChI is InChI=1S/C13H16NS/c1-10-2-4-11(5-3-10)13(15)12-6-8-14-9-7-12/h2-5,12H,6-9H2,1H3. The predicted molar refractivity (Wildman–Crippen MR) is 67.5 cm³/mol. The van der Waals surface area contributed by atoms with Crippen LogP contribution in [0.3, 0.4) is 0 Å². The van der Waals surface area contributed by atoms with Crippen LogP contribution in [0.15, 0.2) is 24.3 Å². The lowest BCUT2D eigenvalue weighted by Gasteiger charge is -2.22. The molecule has 0 aromatic heterocycles. The van der Waals surface area contributed by atoms with E-state index >= 15 is 0 Å². The van der Waals surface area contributed by atoms with Gasteiger partial charge in [-0.2, -0.15) is 0 Å². The van der Waals surface area contributed by atoms with Gasteiger partial charge in [-0.25, -0.2) is 5.32 Å². The molecule has 1 fully saturated rings. The second-order valence-electron chi connectivity index (χ2n) is 4.18. The van der Waals surface area contributed by atoms with Crippen LogP contribution in [0.2, 0.25) is 0 Å². The lowest BCUT2D eigenvalue weighted by atomic mass is 9.90. The smallest absolute Gasteiger partial charge is 0.0256 e. The van der Waals surface area contributed by atoms with E-state index in [1.165, 1.54) is 11.1 Å². The van der Waals surface area contributed by atoms with E-state index in [1.807, 2.05) is 0 Å². The second kappa shape index (κ2) is 4.86. The zero-order valence-corrected chi connectivity index (χ0v) is 9.89. The zero-order chi connectivity index (χ0) is 10.7. The van der Waals surface area contributed by atoms with Gasteiger partial charge in [0.15, 0.2) is 0 Å². The van der Waals surface area contributed by atoms with E-state index in [0.717, 1.165) is 30.8 Å². The van der Waals surface area contributed by atoms with Gasteiger partial charge < -0.3 is 0 Å². The van der Waals surface area contributed by atoms with Gasteiger partial charge in [0.05, 0.1) is 0 Å². The molecule has 1 radical (unpaired) electrons. The minimum Gasteiger partial charge on any atom is -0.242 e. The number of nitrogens with zero attached hydrogens (tertiary/aromatic N) is 1. The van der Waals surface area contributed by atoms with Crippen LogP contribution >= 0.6 is 12.2 Å². The van der Waals surface area contributed by atoms with Gasteiger partial charge in [-0.3, -0.25) is 0 Å². The van der Waals surface area contributed by atoms with Crippen molar-refractivity contribution >= 4 is 17.1 Å². The van der Waals surface area contributed by atoms with Gasteiger partial charge in [0.1, 0.15) is 0 Å². The Balaban J connectivity index is 2.09.